The van der Waals surface area contributed by atoms with E-state index < -0.39 is 0 Å². The maximum absolute atomic E-state index is 12.6. The molecule has 2 rings (SSSR count). The molecule has 0 radical (unpaired) electrons. The highest BCUT2D eigenvalue weighted by Crippen LogP contribution is 2.28. The van der Waals surface area contributed by atoms with E-state index in [1.165, 1.54) is 0 Å². The molecule has 0 aliphatic heterocycles. The van der Waals surface area contributed by atoms with Crippen LogP contribution in [0, 0.1) is 0 Å². The number of carbonyl (C=O) groups is 1. The number of rotatable bonds is 6. The first-order valence-corrected chi connectivity index (χ1v) is 7.12. The Morgan fingerprint density at radius 1 is 1.61 bits per heavy atom. The summed E-state index contributed by atoms with van der Waals surface area (Å²) >= 11 is 3.43. The Morgan fingerprint density at radius 2 is 2.33 bits per heavy atom. The third-order valence-corrected chi connectivity index (χ3v) is 3.64. The Bertz CT molecular complexity index is 427. The Kier molecular flexibility index (Phi) is 4.45. The number of ether oxygens (including phenoxy) is 1. The lowest BCUT2D eigenvalue weighted by Gasteiger charge is -2.22. The summed E-state index contributed by atoms with van der Waals surface area (Å²) in [5, 5.41) is 0. The average Bonchev–Trinajstić information content (AvgIpc) is 3.12. The van der Waals surface area contributed by atoms with Crippen LogP contribution in [0.1, 0.15) is 30.3 Å². The molecule has 1 aromatic rings. The molecule has 18 heavy (non-hydrogen) atoms. The van der Waals surface area contributed by atoms with Crippen molar-refractivity contribution in [3.05, 3.63) is 22.4 Å². The molecular formula is C13H19BrN2O2. The van der Waals surface area contributed by atoms with Gasteiger partial charge in [-0.25, -0.2) is 0 Å². The van der Waals surface area contributed by atoms with E-state index in [1.807, 2.05) is 28.7 Å². The summed E-state index contributed by atoms with van der Waals surface area (Å²) < 4.78 is 8.02. The second-order valence-corrected chi connectivity index (χ2v) is 5.47. The highest BCUT2D eigenvalue weighted by Gasteiger charge is 2.33. The molecule has 1 aliphatic rings. The Labute approximate surface area is 116 Å². The topological polar surface area (TPSA) is 34.5 Å². The van der Waals surface area contributed by atoms with Gasteiger partial charge in [0.1, 0.15) is 5.69 Å². The summed E-state index contributed by atoms with van der Waals surface area (Å²) in [5.41, 5.74) is 0.757. The number of amides is 1. The van der Waals surface area contributed by atoms with Gasteiger partial charge in [0, 0.05) is 36.9 Å². The van der Waals surface area contributed by atoms with Crippen molar-refractivity contribution in [2.75, 3.05) is 20.3 Å². The second kappa shape index (κ2) is 5.89. The molecule has 0 unspecified atom stereocenters. The van der Waals surface area contributed by atoms with Crippen LogP contribution in [0.15, 0.2) is 16.7 Å². The molecule has 1 aliphatic carbocycles. The maximum atomic E-state index is 12.6. The molecule has 1 heterocycles. The van der Waals surface area contributed by atoms with Gasteiger partial charge >= 0.3 is 0 Å². The first kappa shape index (κ1) is 13.6. The van der Waals surface area contributed by atoms with E-state index in [1.54, 1.807) is 7.11 Å². The molecule has 1 fully saturated rings. The minimum atomic E-state index is 0.113. The molecule has 0 bridgehead atoms. The molecule has 0 atom stereocenters. The highest BCUT2D eigenvalue weighted by molar-refractivity contribution is 9.10. The van der Waals surface area contributed by atoms with Crippen molar-refractivity contribution in [2.45, 2.75) is 32.4 Å². The third-order valence-electron chi connectivity index (χ3n) is 3.21. The number of aryl methyl sites for hydroxylation is 1. The zero-order chi connectivity index (χ0) is 13.1. The summed E-state index contributed by atoms with van der Waals surface area (Å²) in [6.07, 6.45) is 4.18. The highest BCUT2D eigenvalue weighted by atomic mass is 79.9. The number of carbonyl (C=O) groups excluding carboxylic acids is 1. The van der Waals surface area contributed by atoms with E-state index in [0.29, 0.717) is 19.2 Å². The van der Waals surface area contributed by atoms with Gasteiger partial charge < -0.3 is 14.2 Å². The summed E-state index contributed by atoms with van der Waals surface area (Å²) in [6.45, 7) is 4.11. The predicted molar refractivity (Wildman–Crippen MR) is 73.7 cm³/mol. The van der Waals surface area contributed by atoms with Gasteiger partial charge in [-0.3, -0.25) is 4.79 Å². The van der Waals surface area contributed by atoms with Gasteiger partial charge in [0.15, 0.2) is 0 Å². The minimum Gasteiger partial charge on any atom is -0.383 e. The number of hydrogen-bond acceptors (Lipinski definition) is 2. The fourth-order valence-electron chi connectivity index (χ4n) is 2.09. The van der Waals surface area contributed by atoms with Crippen molar-refractivity contribution in [3.63, 3.8) is 0 Å². The van der Waals surface area contributed by atoms with Crippen molar-refractivity contribution in [3.8, 4) is 0 Å². The van der Waals surface area contributed by atoms with Gasteiger partial charge in [-0.1, -0.05) is 0 Å². The van der Waals surface area contributed by atoms with E-state index in [9.17, 15) is 4.79 Å². The van der Waals surface area contributed by atoms with Gasteiger partial charge in [-0.05, 0) is 41.8 Å². The first-order valence-electron chi connectivity index (χ1n) is 6.33. The molecule has 0 aromatic carbocycles. The molecule has 1 amide bonds. The van der Waals surface area contributed by atoms with E-state index in [2.05, 4.69) is 15.9 Å². The Balaban J connectivity index is 2.16. The fraction of sp³-hybridized carbons (Fsp3) is 0.615. The largest absolute Gasteiger partial charge is 0.383 e. The summed E-state index contributed by atoms with van der Waals surface area (Å²) in [7, 11) is 1.67. The van der Waals surface area contributed by atoms with Gasteiger partial charge in [0.25, 0.3) is 5.91 Å². The Hall–Kier alpha value is -0.810. The predicted octanol–water partition coefficient (Wildman–Crippen LogP) is 2.52. The number of nitrogens with zero attached hydrogens (tertiary/aromatic N) is 2. The smallest absolute Gasteiger partial charge is 0.270 e. The summed E-state index contributed by atoms with van der Waals surface area (Å²) in [6, 6.07) is 2.31. The van der Waals surface area contributed by atoms with Gasteiger partial charge in [0.2, 0.25) is 0 Å². The quantitative estimate of drug-likeness (QED) is 0.808. The minimum absolute atomic E-state index is 0.113. The molecular weight excluding hydrogens is 296 g/mol. The van der Waals surface area contributed by atoms with Crippen LogP contribution < -0.4 is 0 Å². The summed E-state index contributed by atoms with van der Waals surface area (Å²) in [4.78, 5) is 14.5. The number of hydrogen-bond donors (Lipinski definition) is 0. The first-order chi connectivity index (χ1) is 8.67. The van der Waals surface area contributed by atoms with E-state index in [-0.39, 0.29) is 5.91 Å². The lowest BCUT2D eigenvalue weighted by molar-refractivity contribution is 0.0669. The van der Waals surface area contributed by atoms with Crippen LogP contribution in [0.3, 0.4) is 0 Å². The molecule has 100 valence electrons. The third kappa shape index (κ3) is 2.95. The summed E-state index contributed by atoms with van der Waals surface area (Å²) in [5.74, 6) is 0.113. The normalized spacial score (nSPS) is 14.8. The van der Waals surface area contributed by atoms with Crippen molar-refractivity contribution in [1.82, 2.24) is 9.47 Å². The van der Waals surface area contributed by atoms with Gasteiger partial charge in [-0.2, -0.15) is 0 Å². The number of methoxy groups -OCH3 is 1. The Morgan fingerprint density at radius 3 is 2.89 bits per heavy atom. The molecule has 1 aromatic heterocycles. The zero-order valence-electron chi connectivity index (χ0n) is 10.9. The molecule has 4 nitrogen and oxygen atoms in total. The van der Waals surface area contributed by atoms with Crippen LogP contribution in [0.4, 0.5) is 0 Å². The lowest BCUT2D eigenvalue weighted by Crippen LogP contribution is -2.36. The van der Waals surface area contributed by atoms with Crippen LogP contribution in [-0.2, 0) is 11.3 Å². The van der Waals surface area contributed by atoms with Gasteiger partial charge in [0.05, 0.1) is 6.61 Å². The molecule has 0 N–H and O–H groups in total. The van der Waals surface area contributed by atoms with Crippen molar-refractivity contribution >= 4 is 21.8 Å². The molecule has 1 saturated carbocycles. The van der Waals surface area contributed by atoms with Crippen molar-refractivity contribution in [2.24, 2.45) is 0 Å². The molecule has 0 saturated heterocycles. The standard InChI is InChI=1S/C13H19BrN2O2/c1-3-15-9-10(14)8-12(15)13(17)16(6-7-18-2)11-4-5-11/h8-9,11H,3-7H2,1-2H3. The van der Waals surface area contributed by atoms with E-state index >= 15 is 0 Å². The van der Waals surface area contributed by atoms with Crippen LogP contribution in [0.2, 0.25) is 0 Å². The van der Waals surface area contributed by atoms with Gasteiger partial charge in [-0.15, -0.1) is 0 Å². The molecule has 5 heteroatoms. The van der Waals surface area contributed by atoms with Crippen LogP contribution in [-0.4, -0.2) is 41.7 Å². The lowest BCUT2D eigenvalue weighted by atomic mass is 10.3. The van der Waals surface area contributed by atoms with Crippen molar-refractivity contribution < 1.29 is 9.53 Å². The van der Waals surface area contributed by atoms with Crippen molar-refractivity contribution in [1.29, 1.82) is 0 Å². The average molecular weight is 315 g/mol. The fourth-order valence-corrected chi connectivity index (χ4v) is 2.55. The van der Waals surface area contributed by atoms with Crippen LogP contribution in [0.25, 0.3) is 0 Å². The second-order valence-electron chi connectivity index (χ2n) is 4.55. The van der Waals surface area contributed by atoms with Crippen LogP contribution >= 0.6 is 15.9 Å². The maximum Gasteiger partial charge on any atom is 0.270 e. The zero-order valence-corrected chi connectivity index (χ0v) is 12.4. The number of halogens is 1. The van der Waals surface area contributed by atoms with E-state index in [0.717, 1.165) is 29.6 Å². The van der Waals surface area contributed by atoms with Crippen LogP contribution in [0.5, 0.6) is 0 Å². The van der Waals surface area contributed by atoms with E-state index in [4.69, 9.17) is 4.74 Å². The molecule has 0 spiro atoms. The SMILES string of the molecule is CCn1cc(Br)cc1C(=O)N(CCOC)C1CC1. The number of aromatic nitrogens is 1. The monoisotopic (exact) mass is 314 g/mol.